The second-order valence-electron chi connectivity index (χ2n) is 2.88. The Hall–Kier alpha value is -1.39. The number of rotatable bonds is 4. The first-order chi connectivity index (χ1) is 7.08. The molecule has 0 saturated heterocycles. The molecular formula is C10H11F3O2. The Morgan fingerprint density at radius 2 is 1.40 bits per heavy atom. The maximum Gasteiger partial charge on any atom is 0.273 e. The lowest BCUT2D eigenvalue weighted by molar-refractivity contribution is 0.0494. The van der Waals surface area contributed by atoms with Gasteiger partial charge in [0.15, 0.2) is 6.17 Å². The average Bonchev–Trinajstić information content (AvgIpc) is 2.27. The number of hydrogen-bond acceptors (Lipinski definition) is 2. The van der Waals surface area contributed by atoms with Gasteiger partial charge in [-0.25, -0.2) is 13.2 Å². The Kier molecular flexibility index (Phi) is 3.82. The standard InChI is InChI=1S/C10H11F3O2/c1-14-7-3-6(9(11)10(12)13)4-8(5-7)15-2/h3-5,9-10H,1-2H3. The minimum atomic E-state index is -3.05. The SMILES string of the molecule is COc1cc(OC)cc(C(F)C(F)F)c1. The van der Waals surface area contributed by atoms with Crippen molar-refractivity contribution < 1.29 is 22.6 Å². The second-order valence-corrected chi connectivity index (χ2v) is 2.88. The van der Waals surface area contributed by atoms with E-state index >= 15 is 0 Å². The highest BCUT2D eigenvalue weighted by molar-refractivity contribution is 5.39. The maximum atomic E-state index is 13.0. The van der Waals surface area contributed by atoms with Crippen LogP contribution in [0.3, 0.4) is 0 Å². The van der Waals surface area contributed by atoms with E-state index in [9.17, 15) is 13.2 Å². The first-order valence-electron chi connectivity index (χ1n) is 4.23. The summed E-state index contributed by atoms with van der Waals surface area (Å²) in [5, 5.41) is 0. The second kappa shape index (κ2) is 4.91. The van der Waals surface area contributed by atoms with Gasteiger partial charge in [-0.05, 0) is 17.7 Å². The van der Waals surface area contributed by atoms with E-state index in [1.165, 1.54) is 32.4 Å². The number of halogens is 3. The fourth-order valence-electron chi connectivity index (χ4n) is 1.13. The molecule has 1 aromatic rings. The van der Waals surface area contributed by atoms with Gasteiger partial charge < -0.3 is 9.47 Å². The van der Waals surface area contributed by atoms with Gasteiger partial charge in [-0.15, -0.1) is 0 Å². The van der Waals surface area contributed by atoms with Crippen molar-refractivity contribution in [1.29, 1.82) is 0 Å². The summed E-state index contributed by atoms with van der Waals surface area (Å²) in [5.41, 5.74) is -0.152. The zero-order valence-electron chi connectivity index (χ0n) is 8.34. The number of hydrogen-bond donors (Lipinski definition) is 0. The van der Waals surface area contributed by atoms with Crippen molar-refractivity contribution in [2.24, 2.45) is 0 Å². The number of methoxy groups -OCH3 is 2. The summed E-state index contributed by atoms with van der Waals surface area (Å²) < 4.78 is 47.0. The van der Waals surface area contributed by atoms with E-state index in [4.69, 9.17) is 9.47 Å². The highest BCUT2D eigenvalue weighted by Crippen LogP contribution is 2.31. The van der Waals surface area contributed by atoms with Crippen molar-refractivity contribution in [3.05, 3.63) is 23.8 Å². The maximum absolute atomic E-state index is 13.0. The lowest BCUT2D eigenvalue weighted by atomic mass is 10.1. The van der Waals surface area contributed by atoms with Crippen LogP contribution in [0.4, 0.5) is 13.2 Å². The molecule has 84 valence electrons. The van der Waals surface area contributed by atoms with Gasteiger partial charge in [-0.3, -0.25) is 0 Å². The van der Waals surface area contributed by atoms with Crippen LogP contribution in [0.2, 0.25) is 0 Å². The van der Waals surface area contributed by atoms with Crippen molar-refractivity contribution in [2.75, 3.05) is 14.2 Å². The van der Waals surface area contributed by atoms with E-state index in [1.807, 2.05) is 0 Å². The molecular weight excluding hydrogens is 209 g/mol. The molecule has 1 aromatic carbocycles. The molecule has 2 nitrogen and oxygen atoms in total. The molecule has 0 radical (unpaired) electrons. The largest absolute Gasteiger partial charge is 0.497 e. The van der Waals surface area contributed by atoms with Gasteiger partial charge in [0.1, 0.15) is 11.5 Å². The summed E-state index contributed by atoms with van der Waals surface area (Å²) in [5.74, 6) is 0.570. The third kappa shape index (κ3) is 2.78. The van der Waals surface area contributed by atoms with Crippen LogP contribution < -0.4 is 9.47 Å². The summed E-state index contributed by atoms with van der Waals surface area (Å²) in [6, 6.07) is 3.93. The molecule has 0 heterocycles. The third-order valence-corrected chi connectivity index (χ3v) is 1.91. The molecule has 0 aliphatic carbocycles. The first kappa shape index (κ1) is 11.7. The van der Waals surface area contributed by atoms with Gasteiger partial charge in [0.05, 0.1) is 14.2 Å². The fourth-order valence-corrected chi connectivity index (χ4v) is 1.13. The van der Waals surface area contributed by atoms with E-state index in [2.05, 4.69) is 0 Å². The normalized spacial score (nSPS) is 12.7. The minimum absolute atomic E-state index is 0.152. The Labute approximate surface area is 85.6 Å². The average molecular weight is 220 g/mol. The number of ether oxygens (including phenoxy) is 2. The monoisotopic (exact) mass is 220 g/mol. The summed E-state index contributed by atoms with van der Waals surface area (Å²) in [4.78, 5) is 0. The first-order valence-corrected chi connectivity index (χ1v) is 4.23. The Morgan fingerprint density at radius 3 is 1.73 bits per heavy atom. The predicted octanol–water partition coefficient (Wildman–Crippen LogP) is 2.98. The van der Waals surface area contributed by atoms with Gasteiger partial charge in [-0.1, -0.05) is 0 Å². The molecule has 0 aliphatic rings. The van der Waals surface area contributed by atoms with Crippen LogP contribution in [0, 0.1) is 0 Å². The van der Waals surface area contributed by atoms with E-state index in [1.54, 1.807) is 0 Å². The fraction of sp³-hybridized carbons (Fsp3) is 0.400. The van der Waals surface area contributed by atoms with Crippen LogP contribution >= 0.6 is 0 Å². The molecule has 5 heteroatoms. The molecule has 1 atom stereocenters. The zero-order valence-corrected chi connectivity index (χ0v) is 8.34. The van der Waals surface area contributed by atoms with Crippen molar-refractivity contribution in [2.45, 2.75) is 12.6 Å². The molecule has 0 amide bonds. The molecule has 0 fully saturated rings. The highest BCUT2D eigenvalue weighted by Gasteiger charge is 2.22. The van der Waals surface area contributed by atoms with Crippen molar-refractivity contribution >= 4 is 0 Å². The van der Waals surface area contributed by atoms with Crippen LogP contribution in [-0.4, -0.2) is 20.6 Å². The summed E-state index contributed by atoms with van der Waals surface area (Å²) in [6.45, 7) is 0. The molecule has 0 bridgehead atoms. The van der Waals surface area contributed by atoms with Crippen LogP contribution in [0.1, 0.15) is 11.7 Å². The summed E-state index contributed by atoms with van der Waals surface area (Å²) >= 11 is 0. The van der Waals surface area contributed by atoms with Crippen LogP contribution in [-0.2, 0) is 0 Å². The molecule has 0 aromatic heterocycles. The van der Waals surface area contributed by atoms with Gasteiger partial charge in [0.2, 0.25) is 0 Å². The predicted molar refractivity (Wildman–Crippen MR) is 49.4 cm³/mol. The Morgan fingerprint density at radius 1 is 0.933 bits per heavy atom. The molecule has 0 aliphatic heterocycles. The van der Waals surface area contributed by atoms with E-state index in [0.29, 0.717) is 0 Å². The van der Waals surface area contributed by atoms with E-state index in [0.717, 1.165) is 0 Å². The highest BCUT2D eigenvalue weighted by atomic mass is 19.3. The molecule has 0 spiro atoms. The molecule has 1 rings (SSSR count). The van der Waals surface area contributed by atoms with Crippen molar-refractivity contribution in [3.63, 3.8) is 0 Å². The Bertz CT molecular complexity index is 306. The van der Waals surface area contributed by atoms with Crippen LogP contribution in [0.5, 0.6) is 11.5 Å². The number of alkyl halides is 3. The van der Waals surface area contributed by atoms with E-state index in [-0.39, 0.29) is 17.1 Å². The topological polar surface area (TPSA) is 18.5 Å². The molecule has 0 N–H and O–H groups in total. The Balaban J connectivity index is 3.06. The molecule has 1 unspecified atom stereocenters. The van der Waals surface area contributed by atoms with Gasteiger partial charge >= 0.3 is 0 Å². The van der Waals surface area contributed by atoms with Gasteiger partial charge in [0, 0.05) is 6.07 Å². The summed E-state index contributed by atoms with van der Waals surface area (Å²) in [6.07, 6.45) is -5.38. The third-order valence-electron chi connectivity index (χ3n) is 1.91. The smallest absolute Gasteiger partial charge is 0.273 e. The zero-order chi connectivity index (χ0) is 11.4. The van der Waals surface area contributed by atoms with Crippen LogP contribution in [0.15, 0.2) is 18.2 Å². The van der Waals surface area contributed by atoms with E-state index < -0.39 is 12.6 Å². The lowest BCUT2D eigenvalue weighted by Crippen LogP contribution is -2.03. The minimum Gasteiger partial charge on any atom is -0.497 e. The molecule has 15 heavy (non-hydrogen) atoms. The lowest BCUT2D eigenvalue weighted by Gasteiger charge is -2.11. The van der Waals surface area contributed by atoms with Gasteiger partial charge in [0.25, 0.3) is 6.43 Å². The summed E-state index contributed by atoms with van der Waals surface area (Å²) in [7, 11) is 2.74. The van der Waals surface area contributed by atoms with Crippen molar-refractivity contribution in [3.8, 4) is 11.5 Å². The molecule has 0 saturated carbocycles. The number of benzene rings is 1. The van der Waals surface area contributed by atoms with Gasteiger partial charge in [-0.2, -0.15) is 0 Å². The quantitative estimate of drug-likeness (QED) is 0.776. The van der Waals surface area contributed by atoms with Crippen LogP contribution in [0.25, 0.3) is 0 Å². The van der Waals surface area contributed by atoms with Crippen molar-refractivity contribution in [1.82, 2.24) is 0 Å².